The molecule has 330 valence electrons. The first-order valence-electron chi connectivity index (χ1n) is 21.4. The Morgan fingerprint density at radius 3 is 1.31 bits per heavy atom. The third-order valence-electron chi connectivity index (χ3n) is 12.7. The number of aromatic nitrogens is 4. The Morgan fingerprint density at radius 1 is 0.597 bits per heavy atom. The highest BCUT2D eigenvalue weighted by molar-refractivity contribution is 5.87. The number of imidazole rings is 2. The number of rotatable bonds is 11. The highest BCUT2D eigenvalue weighted by Gasteiger charge is 2.44. The van der Waals surface area contributed by atoms with E-state index in [1.54, 1.807) is 22.4 Å². The van der Waals surface area contributed by atoms with Gasteiger partial charge in [-0.3, -0.25) is 19.6 Å². The Morgan fingerprint density at radius 2 is 0.952 bits per heavy atom. The second-order valence-electron chi connectivity index (χ2n) is 16.4. The van der Waals surface area contributed by atoms with E-state index in [9.17, 15) is 19.2 Å². The summed E-state index contributed by atoms with van der Waals surface area (Å²) < 4.78 is 20.8. The van der Waals surface area contributed by atoms with Crippen LogP contribution in [-0.4, -0.2) is 144 Å². The van der Waals surface area contributed by atoms with Gasteiger partial charge in [-0.2, -0.15) is 0 Å². The van der Waals surface area contributed by atoms with E-state index in [-0.39, 0.29) is 35.7 Å². The molecule has 4 saturated heterocycles. The average molecular weight is 853 g/mol. The van der Waals surface area contributed by atoms with Crippen LogP contribution in [0.1, 0.15) is 62.3 Å². The van der Waals surface area contributed by atoms with Crippen LogP contribution in [0.2, 0.25) is 0 Å². The summed E-state index contributed by atoms with van der Waals surface area (Å²) in [5, 5.41) is 12.8. The zero-order chi connectivity index (χ0) is 43.3. The minimum absolute atomic E-state index is 0.0693. The van der Waals surface area contributed by atoms with Crippen LogP contribution in [0.25, 0.3) is 33.6 Å². The van der Waals surface area contributed by atoms with E-state index in [0.29, 0.717) is 89.7 Å². The van der Waals surface area contributed by atoms with Gasteiger partial charge < -0.3 is 39.5 Å². The molecule has 0 unspecified atom stereocenters. The lowest BCUT2D eigenvalue weighted by Crippen LogP contribution is -2.55. The summed E-state index contributed by atoms with van der Waals surface area (Å²) in [5.74, 6) is 0.827. The summed E-state index contributed by atoms with van der Waals surface area (Å²) in [4.78, 5) is 69.3. The maximum atomic E-state index is 14.1. The number of H-pyrrole nitrogens is 2. The molecule has 0 aliphatic carbocycles. The molecule has 4 aliphatic heterocycles. The molecule has 4 N–H and O–H groups in total. The van der Waals surface area contributed by atoms with Crippen molar-refractivity contribution in [2.75, 3.05) is 67.8 Å². The summed E-state index contributed by atoms with van der Waals surface area (Å²) >= 11 is 0. The third kappa shape index (κ3) is 9.04. The van der Waals surface area contributed by atoms with Gasteiger partial charge in [-0.15, -0.1) is 0 Å². The number of hydrazine groups is 2. The molecular formula is C44H56N10O8. The summed E-state index contributed by atoms with van der Waals surface area (Å²) in [6, 6.07) is 14.3. The van der Waals surface area contributed by atoms with Crippen LogP contribution in [0.5, 0.6) is 0 Å². The van der Waals surface area contributed by atoms with Gasteiger partial charge in [0.05, 0.1) is 38.0 Å². The minimum Gasteiger partial charge on any atom is -0.453 e. The van der Waals surface area contributed by atoms with E-state index in [2.05, 4.69) is 44.9 Å². The second-order valence-corrected chi connectivity index (χ2v) is 16.4. The fourth-order valence-electron chi connectivity index (χ4n) is 9.21. The first-order valence-corrected chi connectivity index (χ1v) is 21.4. The normalized spacial score (nSPS) is 21.4. The molecular weight excluding hydrogens is 797 g/mol. The van der Waals surface area contributed by atoms with Crippen molar-refractivity contribution in [2.24, 2.45) is 11.8 Å². The Hall–Kier alpha value is -5.82. The predicted octanol–water partition coefficient (Wildman–Crippen LogP) is 4.68. The largest absolute Gasteiger partial charge is 0.453 e. The first-order chi connectivity index (χ1) is 30.1. The zero-order valence-electron chi connectivity index (χ0n) is 35.7. The number of amides is 4. The Balaban J connectivity index is 0.931. The van der Waals surface area contributed by atoms with Gasteiger partial charge in [0.15, 0.2) is 0 Å². The lowest BCUT2D eigenvalue weighted by atomic mass is 9.90. The molecule has 4 amide bonds. The molecule has 0 radical (unpaired) electrons. The summed E-state index contributed by atoms with van der Waals surface area (Å²) in [6.45, 7) is 3.47. The van der Waals surface area contributed by atoms with Crippen molar-refractivity contribution in [2.45, 2.75) is 62.7 Å². The van der Waals surface area contributed by atoms with E-state index >= 15 is 0 Å². The van der Waals surface area contributed by atoms with Crippen molar-refractivity contribution in [1.29, 1.82) is 0 Å². The van der Waals surface area contributed by atoms with Gasteiger partial charge >= 0.3 is 12.2 Å². The predicted molar refractivity (Wildman–Crippen MR) is 226 cm³/mol. The molecule has 18 nitrogen and oxygen atoms in total. The first kappa shape index (κ1) is 42.9. The topological polar surface area (TPSA) is 200 Å². The number of carbonyl (C=O) groups excluding carboxylic acids is 4. The van der Waals surface area contributed by atoms with Crippen LogP contribution < -0.4 is 10.6 Å². The molecule has 0 bridgehead atoms. The summed E-state index contributed by atoms with van der Waals surface area (Å²) in [7, 11) is 6.35. The van der Waals surface area contributed by atoms with E-state index in [4.69, 9.17) is 28.9 Å². The van der Waals surface area contributed by atoms with Crippen molar-refractivity contribution in [1.82, 2.24) is 50.6 Å². The molecule has 62 heavy (non-hydrogen) atoms. The Kier molecular flexibility index (Phi) is 13.2. The van der Waals surface area contributed by atoms with Gasteiger partial charge in [-0.25, -0.2) is 29.6 Å². The summed E-state index contributed by atoms with van der Waals surface area (Å²) in [5.41, 5.74) is 5.66. The monoisotopic (exact) mass is 852 g/mol. The van der Waals surface area contributed by atoms with Gasteiger partial charge in [-0.1, -0.05) is 48.5 Å². The van der Waals surface area contributed by atoms with Crippen LogP contribution in [0, 0.1) is 11.8 Å². The number of ether oxygens (including phenoxy) is 4. The standard InChI is InChI=1S/C44H56N10O8/c1-51-19-13-35(53(51)41(55)37(49-43(57)59-3)31-15-21-61-22-16-31)39-45-25-33(47-39)29-9-5-27(6-10-29)28-7-11-30(12-8-28)34-26-46-40(48-34)36-14-20-52(2)54(36)42(56)38(50-44(58)60-4)32-17-23-62-24-18-32/h5-12,25-26,31-32,35-38H,13-24H2,1-4H3,(H,45,47)(H,46,48)(H,49,57)(H,50,58)/t35-,36-,37-,38-/m0/s1. The highest BCUT2D eigenvalue weighted by atomic mass is 16.5. The number of carbonyl (C=O) groups is 4. The smallest absolute Gasteiger partial charge is 0.407 e. The van der Waals surface area contributed by atoms with Crippen LogP contribution in [0.15, 0.2) is 60.9 Å². The average Bonchev–Trinajstić information content (AvgIpc) is 4.15. The van der Waals surface area contributed by atoms with Gasteiger partial charge in [0.25, 0.3) is 11.8 Å². The molecule has 18 heteroatoms. The van der Waals surface area contributed by atoms with Crippen LogP contribution in [0.4, 0.5) is 9.59 Å². The molecule has 0 spiro atoms. The number of nitrogens with zero attached hydrogens (tertiary/aromatic N) is 6. The minimum atomic E-state index is -0.746. The van der Waals surface area contributed by atoms with Crippen molar-refractivity contribution in [3.63, 3.8) is 0 Å². The summed E-state index contributed by atoms with van der Waals surface area (Å²) in [6.07, 6.45) is 6.36. The number of methoxy groups -OCH3 is 2. The quantitative estimate of drug-likeness (QED) is 0.163. The van der Waals surface area contributed by atoms with Gasteiger partial charge in [0, 0.05) is 53.6 Å². The molecule has 4 atom stereocenters. The van der Waals surface area contributed by atoms with Gasteiger partial charge in [0.2, 0.25) is 0 Å². The van der Waals surface area contributed by atoms with Crippen molar-refractivity contribution >= 4 is 24.0 Å². The Labute approximate surface area is 360 Å². The number of alkyl carbamates (subject to hydrolysis) is 2. The molecule has 2 aromatic carbocycles. The molecule has 2 aromatic heterocycles. The maximum Gasteiger partial charge on any atom is 0.407 e. The molecule has 4 aromatic rings. The Bertz CT molecular complexity index is 2030. The number of nitrogens with one attached hydrogen (secondary N) is 4. The second kappa shape index (κ2) is 19.1. The third-order valence-corrected chi connectivity index (χ3v) is 12.7. The lowest BCUT2D eigenvalue weighted by molar-refractivity contribution is -0.151. The molecule has 8 rings (SSSR count). The fourth-order valence-corrected chi connectivity index (χ4v) is 9.21. The zero-order valence-corrected chi connectivity index (χ0v) is 35.7. The van der Waals surface area contributed by atoms with Crippen LogP contribution in [-0.2, 0) is 28.5 Å². The molecule has 0 saturated carbocycles. The maximum absolute atomic E-state index is 14.1. The molecule has 4 fully saturated rings. The van der Waals surface area contributed by atoms with E-state index in [1.807, 2.05) is 48.4 Å². The molecule has 4 aliphatic rings. The van der Waals surface area contributed by atoms with Gasteiger partial charge in [0.1, 0.15) is 35.8 Å². The molecule has 6 heterocycles. The van der Waals surface area contributed by atoms with Crippen LogP contribution in [0.3, 0.4) is 0 Å². The number of benzene rings is 2. The fraction of sp³-hybridized carbons (Fsp3) is 0.500. The number of hydrogen-bond donors (Lipinski definition) is 4. The number of hydrogen-bond acceptors (Lipinski definition) is 12. The van der Waals surface area contributed by atoms with E-state index in [0.717, 1.165) is 33.6 Å². The van der Waals surface area contributed by atoms with E-state index < -0.39 is 24.3 Å². The van der Waals surface area contributed by atoms with Crippen LogP contribution >= 0.6 is 0 Å². The van der Waals surface area contributed by atoms with Crippen molar-refractivity contribution < 1.29 is 38.1 Å². The van der Waals surface area contributed by atoms with Crippen molar-refractivity contribution in [3.8, 4) is 33.6 Å². The van der Waals surface area contributed by atoms with Gasteiger partial charge in [-0.05, 0) is 72.6 Å². The highest BCUT2D eigenvalue weighted by Crippen LogP contribution is 2.36. The van der Waals surface area contributed by atoms with Crippen molar-refractivity contribution in [3.05, 3.63) is 72.6 Å². The number of aromatic amines is 2. The van der Waals surface area contributed by atoms with E-state index in [1.165, 1.54) is 14.2 Å². The SMILES string of the molecule is COC(=O)N[C@H](C(=O)N1[C@H](c2ncc(-c3ccc(-c4ccc(-c5cnc([C@@H]6CCN(C)N6C(=O)[C@@H](NC(=O)OC)C6CCOCC6)[nH]5)cc4)cc3)[nH]2)CCN1C)C1CCOCC1. The lowest BCUT2D eigenvalue weighted by Gasteiger charge is -2.36.